The first kappa shape index (κ1) is 12.0. The molecule has 2 aliphatic carbocycles. The molecule has 1 heterocycles. The lowest BCUT2D eigenvalue weighted by Gasteiger charge is -2.30. The van der Waals surface area contributed by atoms with Gasteiger partial charge in [0.2, 0.25) is 0 Å². The predicted octanol–water partition coefficient (Wildman–Crippen LogP) is 1.77. The minimum atomic E-state index is -0.475. The zero-order valence-electron chi connectivity index (χ0n) is 11.1. The van der Waals surface area contributed by atoms with E-state index < -0.39 is 5.41 Å². The second kappa shape index (κ2) is 3.72. The molecule has 18 heavy (non-hydrogen) atoms. The van der Waals surface area contributed by atoms with Crippen molar-refractivity contribution in [2.24, 2.45) is 29.1 Å². The molecule has 0 amide bonds. The van der Waals surface area contributed by atoms with Crippen LogP contribution in [0.3, 0.4) is 0 Å². The molecule has 0 aromatic rings. The van der Waals surface area contributed by atoms with Gasteiger partial charge in [0.25, 0.3) is 0 Å². The van der Waals surface area contributed by atoms with Gasteiger partial charge in [0.15, 0.2) is 0 Å². The van der Waals surface area contributed by atoms with E-state index in [-0.39, 0.29) is 29.9 Å². The molecule has 5 atom stereocenters. The van der Waals surface area contributed by atoms with Crippen molar-refractivity contribution in [2.75, 3.05) is 6.61 Å². The van der Waals surface area contributed by atoms with Crippen molar-refractivity contribution in [1.29, 1.82) is 0 Å². The number of hydrogen-bond acceptors (Lipinski definition) is 4. The van der Waals surface area contributed by atoms with E-state index in [1.807, 2.05) is 20.8 Å². The molecule has 2 bridgehead atoms. The molecule has 2 saturated carbocycles. The van der Waals surface area contributed by atoms with Crippen molar-refractivity contribution in [2.45, 2.75) is 39.7 Å². The highest BCUT2D eigenvalue weighted by molar-refractivity contribution is 5.77. The third-order valence-electron chi connectivity index (χ3n) is 4.68. The molecule has 0 radical (unpaired) electrons. The Balaban J connectivity index is 1.71. The predicted molar refractivity (Wildman–Crippen MR) is 63.5 cm³/mol. The summed E-state index contributed by atoms with van der Waals surface area (Å²) in [6.07, 6.45) is 1.85. The summed E-state index contributed by atoms with van der Waals surface area (Å²) in [5.41, 5.74) is -0.475. The lowest BCUT2D eigenvalue weighted by Crippen LogP contribution is -2.37. The molecule has 4 nitrogen and oxygen atoms in total. The van der Waals surface area contributed by atoms with E-state index in [2.05, 4.69) is 0 Å². The van der Waals surface area contributed by atoms with Crippen LogP contribution in [0.15, 0.2) is 0 Å². The fourth-order valence-corrected chi connectivity index (χ4v) is 3.72. The largest absolute Gasteiger partial charge is 0.465 e. The monoisotopic (exact) mass is 252 g/mol. The minimum Gasteiger partial charge on any atom is -0.465 e. The highest BCUT2D eigenvalue weighted by atomic mass is 16.6. The second-order valence-corrected chi connectivity index (χ2v) is 6.91. The van der Waals surface area contributed by atoms with Crippen molar-refractivity contribution in [3.8, 4) is 0 Å². The van der Waals surface area contributed by atoms with Gasteiger partial charge in [-0.1, -0.05) is 0 Å². The van der Waals surface area contributed by atoms with Crippen molar-refractivity contribution >= 4 is 11.9 Å². The Morgan fingerprint density at radius 1 is 1.28 bits per heavy atom. The van der Waals surface area contributed by atoms with E-state index in [1.54, 1.807) is 0 Å². The Kier molecular flexibility index (Phi) is 2.48. The standard InChI is InChI=1S/C14H20O4/c1-14(2,3)13(16)18-10-5-7-4-8(10)11-9(7)6-17-12(11)15/h7-11H,4-6H2,1-3H3. The summed E-state index contributed by atoms with van der Waals surface area (Å²) in [7, 11) is 0. The summed E-state index contributed by atoms with van der Waals surface area (Å²) in [4.78, 5) is 23.6. The molecule has 3 fully saturated rings. The molecular formula is C14H20O4. The first-order chi connectivity index (χ1) is 8.38. The van der Waals surface area contributed by atoms with Crippen LogP contribution in [0.1, 0.15) is 33.6 Å². The molecule has 3 rings (SSSR count). The quantitative estimate of drug-likeness (QED) is 0.667. The van der Waals surface area contributed by atoms with Crippen molar-refractivity contribution < 1.29 is 19.1 Å². The molecule has 0 aromatic carbocycles. The number of fused-ring (bicyclic) bond motifs is 5. The van der Waals surface area contributed by atoms with E-state index in [1.165, 1.54) is 0 Å². The fraction of sp³-hybridized carbons (Fsp3) is 0.857. The van der Waals surface area contributed by atoms with Crippen LogP contribution >= 0.6 is 0 Å². The van der Waals surface area contributed by atoms with Gasteiger partial charge in [-0.25, -0.2) is 0 Å². The average Bonchev–Trinajstić information content (AvgIpc) is 2.89. The molecule has 100 valence electrons. The zero-order valence-corrected chi connectivity index (χ0v) is 11.1. The Morgan fingerprint density at radius 2 is 2.00 bits per heavy atom. The Bertz CT molecular complexity index is 395. The molecule has 0 N–H and O–H groups in total. The van der Waals surface area contributed by atoms with Crippen LogP contribution in [0.4, 0.5) is 0 Å². The normalized spacial score (nSPS) is 41.7. The van der Waals surface area contributed by atoms with Gasteiger partial charge in [-0.05, 0) is 39.5 Å². The maximum atomic E-state index is 11.9. The smallest absolute Gasteiger partial charge is 0.311 e. The number of cyclic esters (lactones) is 1. The number of hydrogen-bond donors (Lipinski definition) is 0. The second-order valence-electron chi connectivity index (χ2n) is 6.91. The lowest BCUT2D eigenvalue weighted by molar-refractivity contribution is -0.164. The van der Waals surface area contributed by atoms with Crippen molar-refractivity contribution in [3.05, 3.63) is 0 Å². The Morgan fingerprint density at radius 3 is 2.67 bits per heavy atom. The lowest BCUT2D eigenvalue weighted by atomic mass is 9.80. The number of ether oxygens (including phenoxy) is 2. The van der Waals surface area contributed by atoms with Crippen molar-refractivity contribution in [3.63, 3.8) is 0 Å². The molecule has 1 aliphatic heterocycles. The van der Waals surface area contributed by atoms with Gasteiger partial charge in [-0.3, -0.25) is 9.59 Å². The van der Waals surface area contributed by atoms with Crippen LogP contribution in [-0.2, 0) is 19.1 Å². The van der Waals surface area contributed by atoms with Crippen LogP contribution in [0, 0.1) is 29.1 Å². The molecule has 4 heteroatoms. The van der Waals surface area contributed by atoms with Crippen LogP contribution in [-0.4, -0.2) is 24.6 Å². The van der Waals surface area contributed by atoms with E-state index in [9.17, 15) is 9.59 Å². The van der Waals surface area contributed by atoms with Crippen LogP contribution < -0.4 is 0 Å². The first-order valence-electron chi connectivity index (χ1n) is 6.75. The van der Waals surface area contributed by atoms with Gasteiger partial charge in [0, 0.05) is 11.8 Å². The summed E-state index contributed by atoms with van der Waals surface area (Å²) in [5, 5.41) is 0. The number of carbonyl (C=O) groups excluding carboxylic acids is 2. The summed E-state index contributed by atoms with van der Waals surface area (Å²) >= 11 is 0. The zero-order chi connectivity index (χ0) is 13.1. The summed E-state index contributed by atoms with van der Waals surface area (Å²) < 4.78 is 10.8. The van der Waals surface area contributed by atoms with Gasteiger partial charge < -0.3 is 9.47 Å². The highest BCUT2D eigenvalue weighted by Gasteiger charge is 2.60. The minimum absolute atomic E-state index is 0.0125. The Labute approximate surface area is 107 Å². The van der Waals surface area contributed by atoms with E-state index in [4.69, 9.17) is 9.47 Å². The summed E-state index contributed by atoms with van der Waals surface area (Å²) in [5.74, 6) is 0.825. The van der Waals surface area contributed by atoms with Gasteiger partial charge in [-0.2, -0.15) is 0 Å². The van der Waals surface area contributed by atoms with Crippen LogP contribution in [0.2, 0.25) is 0 Å². The third-order valence-corrected chi connectivity index (χ3v) is 4.68. The number of rotatable bonds is 1. The van der Waals surface area contributed by atoms with E-state index in [0.717, 1.165) is 12.8 Å². The molecule has 5 unspecified atom stereocenters. The van der Waals surface area contributed by atoms with Crippen molar-refractivity contribution in [1.82, 2.24) is 0 Å². The SMILES string of the molecule is CC(C)(C)C(=O)OC1CC2CC1C1C(=O)OCC21. The molecular weight excluding hydrogens is 232 g/mol. The maximum Gasteiger partial charge on any atom is 0.311 e. The van der Waals surface area contributed by atoms with E-state index >= 15 is 0 Å². The third kappa shape index (κ3) is 1.65. The molecule has 0 spiro atoms. The molecule has 0 aromatic heterocycles. The van der Waals surface area contributed by atoms with Gasteiger partial charge in [0.05, 0.1) is 17.9 Å². The van der Waals surface area contributed by atoms with Crippen LogP contribution in [0.5, 0.6) is 0 Å². The van der Waals surface area contributed by atoms with Gasteiger partial charge in [-0.15, -0.1) is 0 Å². The molecule has 3 aliphatic rings. The first-order valence-corrected chi connectivity index (χ1v) is 6.75. The highest BCUT2D eigenvalue weighted by Crippen LogP contribution is 2.56. The fourth-order valence-electron chi connectivity index (χ4n) is 3.72. The maximum absolute atomic E-state index is 11.9. The number of carbonyl (C=O) groups is 2. The molecule has 1 saturated heterocycles. The van der Waals surface area contributed by atoms with Crippen LogP contribution in [0.25, 0.3) is 0 Å². The van der Waals surface area contributed by atoms with E-state index in [0.29, 0.717) is 18.4 Å². The topological polar surface area (TPSA) is 52.6 Å². The Hall–Kier alpha value is -1.06. The van der Waals surface area contributed by atoms with Gasteiger partial charge in [0.1, 0.15) is 6.10 Å². The summed E-state index contributed by atoms with van der Waals surface area (Å²) in [6, 6.07) is 0. The van der Waals surface area contributed by atoms with Gasteiger partial charge >= 0.3 is 11.9 Å². The summed E-state index contributed by atoms with van der Waals surface area (Å²) in [6.45, 7) is 6.14. The number of esters is 2. The average molecular weight is 252 g/mol.